The second-order valence-electron chi connectivity index (χ2n) is 7.00. The van der Waals surface area contributed by atoms with Crippen LogP contribution in [0.4, 0.5) is 11.5 Å². The molecule has 6 nitrogen and oxygen atoms in total. The predicted molar refractivity (Wildman–Crippen MR) is 114 cm³/mol. The number of fused-ring (bicyclic) bond motifs is 1. The van der Waals surface area contributed by atoms with Crippen LogP contribution in [0.15, 0.2) is 54.6 Å². The van der Waals surface area contributed by atoms with Crippen molar-refractivity contribution in [2.45, 2.75) is 25.9 Å². The Bertz CT molecular complexity index is 982. The molecule has 4 rings (SSSR count). The number of benzene rings is 2. The van der Waals surface area contributed by atoms with Gasteiger partial charge in [-0.2, -0.15) is 0 Å². The molecule has 1 aromatic heterocycles. The van der Waals surface area contributed by atoms with Crippen LogP contribution >= 0.6 is 0 Å². The number of rotatable bonds is 7. The Morgan fingerprint density at radius 2 is 2.03 bits per heavy atom. The third kappa shape index (κ3) is 4.66. The third-order valence-corrected chi connectivity index (χ3v) is 4.91. The Hall–Kier alpha value is -3.12. The molecule has 1 unspecified atom stereocenters. The van der Waals surface area contributed by atoms with E-state index in [4.69, 9.17) is 9.47 Å². The zero-order valence-corrected chi connectivity index (χ0v) is 16.5. The summed E-state index contributed by atoms with van der Waals surface area (Å²) in [6.07, 6.45) is 2.14. The van der Waals surface area contributed by atoms with E-state index in [1.807, 2.05) is 55.5 Å². The summed E-state index contributed by atoms with van der Waals surface area (Å²) in [6, 6.07) is 17.1. The summed E-state index contributed by atoms with van der Waals surface area (Å²) in [5, 5.41) is 7.12. The number of nitrogens with one attached hydrogen (secondary N) is 2. The molecule has 0 aliphatic carbocycles. The molecule has 0 spiro atoms. The first-order valence-electron chi connectivity index (χ1n) is 10.0. The SMILES string of the molecule is CCOc1ccc(Nc2cc(C(=O)NCC3CCCO3)c3ccccc3n2)cc1. The molecule has 1 aliphatic heterocycles. The van der Waals surface area contributed by atoms with E-state index in [9.17, 15) is 4.79 Å². The monoisotopic (exact) mass is 391 g/mol. The van der Waals surface area contributed by atoms with Gasteiger partial charge in [0.2, 0.25) is 0 Å². The van der Waals surface area contributed by atoms with Crippen molar-refractivity contribution in [1.29, 1.82) is 0 Å². The lowest BCUT2D eigenvalue weighted by atomic mass is 10.1. The summed E-state index contributed by atoms with van der Waals surface area (Å²) >= 11 is 0. The molecule has 1 saturated heterocycles. The van der Waals surface area contributed by atoms with E-state index in [2.05, 4.69) is 15.6 Å². The van der Waals surface area contributed by atoms with E-state index in [-0.39, 0.29) is 12.0 Å². The fraction of sp³-hybridized carbons (Fsp3) is 0.304. The first kappa shape index (κ1) is 19.2. The van der Waals surface area contributed by atoms with Crippen LogP contribution in [0, 0.1) is 0 Å². The summed E-state index contributed by atoms with van der Waals surface area (Å²) in [5.41, 5.74) is 2.25. The molecule has 29 heavy (non-hydrogen) atoms. The largest absolute Gasteiger partial charge is 0.494 e. The fourth-order valence-electron chi connectivity index (χ4n) is 3.48. The molecule has 1 atom stereocenters. The molecule has 2 heterocycles. The highest BCUT2D eigenvalue weighted by atomic mass is 16.5. The Morgan fingerprint density at radius 3 is 2.79 bits per heavy atom. The molecule has 6 heteroatoms. The van der Waals surface area contributed by atoms with Gasteiger partial charge < -0.3 is 20.1 Å². The molecule has 1 amide bonds. The van der Waals surface area contributed by atoms with E-state index in [0.29, 0.717) is 24.5 Å². The standard InChI is InChI=1S/C23H25N3O3/c1-2-28-17-11-9-16(10-12-17)25-22-14-20(19-7-3-4-8-21(19)26-22)23(27)24-15-18-6-5-13-29-18/h3-4,7-12,14,18H,2,5-6,13,15H2,1H3,(H,24,27)(H,25,26). The number of ether oxygens (including phenoxy) is 2. The average Bonchev–Trinajstić information content (AvgIpc) is 3.27. The van der Waals surface area contributed by atoms with Gasteiger partial charge in [-0.15, -0.1) is 0 Å². The number of hydrogen-bond acceptors (Lipinski definition) is 5. The lowest BCUT2D eigenvalue weighted by Gasteiger charge is -2.14. The molecule has 1 fully saturated rings. The fourth-order valence-corrected chi connectivity index (χ4v) is 3.48. The number of pyridine rings is 1. The van der Waals surface area contributed by atoms with Gasteiger partial charge in [-0.3, -0.25) is 4.79 Å². The number of nitrogens with zero attached hydrogens (tertiary/aromatic N) is 1. The van der Waals surface area contributed by atoms with Crippen molar-refractivity contribution in [2.75, 3.05) is 25.1 Å². The predicted octanol–water partition coefficient (Wildman–Crippen LogP) is 4.29. The van der Waals surface area contributed by atoms with E-state index in [1.165, 1.54) is 0 Å². The van der Waals surface area contributed by atoms with Crippen LogP contribution in [0.3, 0.4) is 0 Å². The topological polar surface area (TPSA) is 72.5 Å². The summed E-state index contributed by atoms with van der Waals surface area (Å²) in [4.78, 5) is 17.6. The molecular formula is C23H25N3O3. The first-order chi connectivity index (χ1) is 14.2. The minimum atomic E-state index is -0.117. The van der Waals surface area contributed by atoms with Crippen molar-refractivity contribution in [1.82, 2.24) is 10.3 Å². The third-order valence-electron chi connectivity index (χ3n) is 4.91. The second kappa shape index (κ2) is 8.92. The lowest BCUT2D eigenvalue weighted by molar-refractivity contribution is 0.0859. The van der Waals surface area contributed by atoms with Gasteiger partial charge in [0.05, 0.1) is 23.8 Å². The Labute approximate surface area is 170 Å². The minimum Gasteiger partial charge on any atom is -0.494 e. The minimum absolute atomic E-state index is 0.105. The maximum atomic E-state index is 12.9. The Morgan fingerprint density at radius 1 is 1.21 bits per heavy atom. The molecule has 0 radical (unpaired) electrons. The highest BCUT2D eigenvalue weighted by Crippen LogP contribution is 2.24. The van der Waals surface area contributed by atoms with Crippen molar-refractivity contribution in [3.05, 3.63) is 60.2 Å². The molecule has 2 aromatic carbocycles. The first-order valence-corrected chi connectivity index (χ1v) is 10.0. The summed E-state index contributed by atoms with van der Waals surface area (Å²) in [7, 11) is 0. The molecule has 1 aliphatic rings. The van der Waals surface area contributed by atoms with Crippen molar-refractivity contribution in [2.24, 2.45) is 0 Å². The van der Waals surface area contributed by atoms with E-state index < -0.39 is 0 Å². The summed E-state index contributed by atoms with van der Waals surface area (Å²) in [6.45, 7) is 3.88. The maximum absolute atomic E-state index is 12.9. The van der Waals surface area contributed by atoms with Gasteiger partial charge in [-0.1, -0.05) is 18.2 Å². The quantitative estimate of drug-likeness (QED) is 0.629. The van der Waals surface area contributed by atoms with Gasteiger partial charge in [0.15, 0.2) is 0 Å². The molecule has 0 saturated carbocycles. The van der Waals surface area contributed by atoms with Gasteiger partial charge in [0.25, 0.3) is 5.91 Å². The van der Waals surface area contributed by atoms with Gasteiger partial charge in [-0.05, 0) is 56.2 Å². The van der Waals surface area contributed by atoms with E-state index in [1.54, 1.807) is 6.07 Å². The molecule has 150 valence electrons. The van der Waals surface area contributed by atoms with Crippen molar-refractivity contribution in [3.8, 4) is 5.75 Å². The van der Waals surface area contributed by atoms with E-state index in [0.717, 1.165) is 41.8 Å². The molecule has 0 bridgehead atoms. The number of para-hydroxylation sites is 1. The number of aromatic nitrogens is 1. The smallest absolute Gasteiger partial charge is 0.252 e. The zero-order chi connectivity index (χ0) is 20.1. The maximum Gasteiger partial charge on any atom is 0.252 e. The lowest BCUT2D eigenvalue weighted by Crippen LogP contribution is -2.32. The van der Waals surface area contributed by atoms with Gasteiger partial charge in [-0.25, -0.2) is 4.98 Å². The summed E-state index contributed by atoms with van der Waals surface area (Å²) in [5.74, 6) is 1.32. The molecule has 3 aromatic rings. The van der Waals surface area contributed by atoms with Gasteiger partial charge in [0, 0.05) is 24.2 Å². The normalized spacial score (nSPS) is 16.0. The Kier molecular flexibility index (Phi) is 5.91. The average molecular weight is 391 g/mol. The van der Waals surface area contributed by atoms with Crippen molar-refractivity contribution >= 4 is 28.3 Å². The van der Waals surface area contributed by atoms with Crippen LogP contribution < -0.4 is 15.4 Å². The van der Waals surface area contributed by atoms with Crippen molar-refractivity contribution < 1.29 is 14.3 Å². The zero-order valence-electron chi connectivity index (χ0n) is 16.5. The number of amides is 1. The van der Waals surface area contributed by atoms with Crippen molar-refractivity contribution in [3.63, 3.8) is 0 Å². The number of hydrogen-bond donors (Lipinski definition) is 2. The van der Waals surface area contributed by atoms with Gasteiger partial charge in [0.1, 0.15) is 11.6 Å². The van der Waals surface area contributed by atoms with Crippen LogP contribution in [0.1, 0.15) is 30.1 Å². The van der Waals surface area contributed by atoms with Crippen LogP contribution in [0.25, 0.3) is 10.9 Å². The molecule has 2 N–H and O–H groups in total. The molecular weight excluding hydrogens is 366 g/mol. The van der Waals surface area contributed by atoms with Gasteiger partial charge >= 0.3 is 0 Å². The van der Waals surface area contributed by atoms with Crippen LogP contribution in [0.5, 0.6) is 5.75 Å². The Balaban J connectivity index is 1.57. The number of carbonyl (C=O) groups excluding carboxylic acids is 1. The van der Waals surface area contributed by atoms with Crippen LogP contribution in [0.2, 0.25) is 0 Å². The number of anilines is 2. The highest BCUT2D eigenvalue weighted by molar-refractivity contribution is 6.07. The second-order valence-corrected chi connectivity index (χ2v) is 7.00. The summed E-state index contributed by atoms with van der Waals surface area (Å²) < 4.78 is 11.1. The van der Waals surface area contributed by atoms with Crippen LogP contribution in [-0.4, -0.2) is 36.8 Å². The number of carbonyl (C=O) groups is 1. The van der Waals surface area contributed by atoms with E-state index >= 15 is 0 Å². The highest BCUT2D eigenvalue weighted by Gasteiger charge is 2.18. The van der Waals surface area contributed by atoms with Crippen LogP contribution in [-0.2, 0) is 4.74 Å².